The SMILES string of the molecule is CCN1CCOc2ccccc2CCCCC2(CN(C(=O)CN3CCC(C(N)=O)CC3)CCO2)C1=O. The first-order chi connectivity index (χ1) is 17.4. The van der Waals surface area contributed by atoms with Crippen molar-refractivity contribution in [1.82, 2.24) is 14.7 Å². The van der Waals surface area contributed by atoms with E-state index in [1.165, 1.54) is 5.56 Å². The summed E-state index contributed by atoms with van der Waals surface area (Å²) in [5, 5.41) is 0. The molecule has 1 atom stereocenters. The van der Waals surface area contributed by atoms with Gasteiger partial charge in [-0.2, -0.15) is 0 Å². The highest BCUT2D eigenvalue weighted by Crippen LogP contribution is 2.30. The van der Waals surface area contributed by atoms with Gasteiger partial charge < -0.3 is 25.0 Å². The third-order valence-corrected chi connectivity index (χ3v) is 7.81. The van der Waals surface area contributed by atoms with E-state index in [1.54, 1.807) is 9.80 Å². The summed E-state index contributed by atoms with van der Waals surface area (Å²) >= 11 is 0. The largest absolute Gasteiger partial charge is 0.491 e. The Morgan fingerprint density at radius 3 is 2.61 bits per heavy atom. The molecular formula is C27H40N4O5. The van der Waals surface area contributed by atoms with E-state index in [9.17, 15) is 14.4 Å². The van der Waals surface area contributed by atoms with E-state index in [0.717, 1.165) is 25.0 Å². The molecule has 3 amide bonds. The van der Waals surface area contributed by atoms with Gasteiger partial charge in [0.1, 0.15) is 12.4 Å². The maximum absolute atomic E-state index is 13.8. The maximum atomic E-state index is 13.8. The molecule has 1 unspecified atom stereocenters. The van der Waals surface area contributed by atoms with Crippen molar-refractivity contribution in [2.75, 3.05) is 59.0 Å². The summed E-state index contributed by atoms with van der Waals surface area (Å²) in [5.74, 6) is 0.484. The summed E-state index contributed by atoms with van der Waals surface area (Å²) in [7, 11) is 0. The fourth-order valence-electron chi connectivity index (χ4n) is 5.59. The Morgan fingerprint density at radius 2 is 1.86 bits per heavy atom. The van der Waals surface area contributed by atoms with Crippen molar-refractivity contribution in [3.63, 3.8) is 0 Å². The van der Waals surface area contributed by atoms with Crippen molar-refractivity contribution in [2.45, 2.75) is 51.0 Å². The molecule has 3 heterocycles. The Bertz CT molecular complexity index is 932. The molecule has 2 saturated heterocycles. The highest BCUT2D eigenvalue weighted by molar-refractivity contribution is 5.87. The van der Waals surface area contributed by atoms with Crippen LogP contribution in [0.15, 0.2) is 24.3 Å². The van der Waals surface area contributed by atoms with Crippen molar-refractivity contribution in [3.8, 4) is 5.75 Å². The minimum atomic E-state index is -1.03. The van der Waals surface area contributed by atoms with E-state index in [-0.39, 0.29) is 36.7 Å². The molecule has 1 aromatic rings. The molecular weight excluding hydrogens is 460 g/mol. The van der Waals surface area contributed by atoms with E-state index >= 15 is 0 Å². The second-order valence-corrected chi connectivity index (χ2v) is 10.2. The molecule has 2 fully saturated rings. The van der Waals surface area contributed by atoms with E-state index < -0.39 is 5.60 Å². The molecule has 0 bridgehead atoms. The molecule has 9 nitrogen and oxygen atoms in total. The summed E-state index contributed by atoms with van der Waals surface area (Å²) in [4.78, 5) is 44.2. The lowest BCUT2D eigenvalue weighted by Gasteiger charge is -2.44. The van der Waals surface area contributed by atoms with Crippen molar-refractivity contribution < 1.29 is 23.9 Å². The van der Waals surface area contributed by atoms with Crippen molar-refractivity contribution in [2.24, 2.45) is 11.7 Å². The van der Waals surface area contributed by atoms with Crippen LogP contribution in [0.5, 0.6) is 5.75 Å². The molecule has 198 valence electrons. The predicted molar refractivity (Wildman–Crippen MR) is 135 cm³/mol. The van der Waals surface area contributed by atoms with Crippen LogP contribution in [0.3, 0.4) is 0 Å². The molecule has 4 rings (SSSR count). The van der Waals surface area contributed by atoms with Gasteiger partial charge in [0.05, 0.1) is 26.2 Å². The van der Waals surface area contributed by atoms with Gasteiger partial charge in [-0.05, 0) is 70.2 Å². The monoisotopic (exact) mass is 500 g/mol. The quantitative estimate of drug-likeness (QED) is 0.671. The molecule has 1 aromatic carbocycles. The zero-order valence-electron chi connectivity index (χ0n) is 21.5. The first kappa shape index (κ1) is 26.4. The normalized spacial score (nSPS) is 25.0. The lowest BCUT2D eigenvalue weighted by Crippen LogP contribution is -2.62. The number of carbonyl (C=O) groups is 3. The number of likely N-dealkylation sites (N-methyl/N-ethyl adjacent to an activating group) is 1. The topological polar surface area (TPSA) is 105 Å². The van der Waals surface area contributed by atoms with Gasteiger partial charge in [0.2, 0.25) is 11.8 Å². The molecule has 0 saturated carbocycles. The number of ether oxygens (including phenoxy) is 2. The number of nitrogens with zero attached hydrogens (tertiary/aromatic N) is 3. The number of hydrogen-bond acceptors (Lipinski definition) is 6. The Balaban J connectivity index is 1.44. The summed E-state index contributed by atoms with van der Waals surface area (Å²) in [6.45, 7) is 6.15. The average molecular weight is 501 g/mol. The molecule has 0 radical (unpaired) electrons. The molecule has 3 aliphatic heterocycles. The highest BCUT2D eigenvalue weighted by Gasteiger charge is 2.46. The summed E-state index contributed by atoms with van der Waals surface area (Å²) in [6.07, 6.45) is 4.56. The third kappa shape index (κ3) is 6.18. The average Bonchev–Trinajstić information content (AvgIpc) is 2.89. The number of hydrogen-bond donors (Lipinski definition) is 1. The number of aryl methyl sites for hydroxylation is 1. The van der Waals surface area contributed by atoms with Crippen molar-refractivity contribution in [3.05, 3.63) is 29.8 Å². The molecule has 9 heteroatoms. The number of carbonyl (C=O) groups excluding carboxylic acids is 3. The van der Waals surface area contributed by atoms with Crippen LogP contribution < -0.4 is 10.5 Å². The maximum Gasteiger partial charge on any atom is 0.256 e. The number of piperidine rings is 1. The van der Waals surface area contributed by atoms with Gasteiger partial charge in [0.25, 0.3) is 5.91 Å². The minimum Gasteiger partial charge on any atom is -0.491 e. The van der Waals surface area contributed by atoms with Gasteiger partial charge in [-0.1, -0.05) is 18.2 Å². The number of primary amides is 1. The van der Waals surface area contributed by atoms with Crippen molar-refractivity contribution >= 4 is 17.7 Å². The van der Waals surface area contributed by atoms with Crippen LogP contribution in [-0.2, 0) is 25.5 Å². The van der Waals surface area contributed by atoms with Gasteiger partial charge in [0, 0.05) is 19.0 Å². The number of likely N-dealkylation sites (tertiary alicyclic amines) is 1. The van der Waals surface area contributed by atoms with Gasteiger partial charge in [-0.3, -0.25) is 19.3 Å². The van der Waals surface area contributed by atoms with Crippen LogP contribution in [0.25, 0.3) is 0 Å². The van der Waals surface area contributed by atoms with Gasteiger partial charge >= 0.3 is 0 Å². The first-order valence-electron chi connectivity index (χ1n) is 13.4. The second-order valence-electron chi connectivity index (χ2n) is 10.2. The summed E-state index contributed by atoms with van der Waals surface area (Å²) < 4.78 is 12.3. The number of fused-ring (bicyclic) bond motifs is 1. The Hall–Kier alpha value is -2.65. The fourth-order valence-corrected chi connectivity index (χ4v) is 5.59. The second kappa shape index (κ2) is 12.1. The molecule has 1 spiro atoms. The Morgan fingerprint density at radius 1 is 1.08 bits per heavy atom. The van der Waals surface area contributed by atoms with Crippen molar-refractivity contribution in [1.29, 1.82) is 0 Å². The van der Waals surface area contributed by atoms with Gasteiger partial charge in [-0.25, -0.2) is 0 Å². The third-order valence-electron chi connectivity index (χ3n) is 7.81. The van der Waals surface area contributed by atoms with Crippen LogP contribution in [0.4, 0.5) is 0 Å². The summed E-state index contributed by atoms with van der Waals surface area (Å²) in [5.41, 5.74) is 5.60. The first-order valence-corrected chi connectivity index (χ1v) is 13.4. The predicted octanol–water partition coefficient (Wildman–Crippen LogP) is 1.44. The smallest absolute Gasteiger partial charge is 0.256 e. The molecule has 0 aliphatic carbocycles. The molecule has 0 aromatic heterocycles. The fraction of sp³-hybridized carbons (Fsp3) is 0.667. The standard InChI is InChI=1S/C27H40N4O5/c1-2-30-15-17-35-23-9-4-3-7-21(23)8-5-6-12-27(26(30)34)20-31(16-18-36-27)24(32)19-29-13-10-22(11-14-29)25(28)33/h3-4,7,9,22H,2,5-6,8,10-20H2,1H3,(H2,28,33). The summed E-state index contributed by atoms with van der Waals surface area (Å²) in [6, 6.07) is 8.10. The number of para-hydroxylation sites is 1. The number of benzene rings is 1. The number of rotatable bonds is 4. The van der Waals surface area contributed by atoms with Crippen LogP contribution >= 0.6 is 0 Å². The van der Waals surface area contributed by atoms with Gasteiger partial charge in [-0.15, -0.1) is 0 Å². The van der Waals surface area contributed by atoms with Crippen LogP contribution in [0.2, 0.25) is 0 Å². The van der Waals surface area contributed by atoms with Crippen LogP contribution in [0.1, 0.15) is 44.6 Å². The highest BCUT2D eigenvalue weighted by atomic mass is 16.5. The van der Waals surface area contributed by atoms with Crippen LogP contribution in [0, 0.1) is 5.92 Å². The lowest BCUT2D eigenvalue weighted by molar-refractivity contribution is -0.176. The lowest BCUT2D eigenvalue weighted by atomic mass is 9.91. The molecule has 3 aliphatic rings. The number of amides is 3. The van der Waals surface area contributed by atoms with Gasteiger partial charge in [0.15, 0.2) is 5.60 Å². The van der Waals surface area contributed by atoms with E-state index in [4.69, 9.17) is 15.2 Å². The zero-order valence-corrected chi connectivity index (χ0v) is 21.5. The van der Waals surface area contributed by atoms with E-state index in [2.05, 4.69) is 11.0 Å². The number of nitrogens with two attached hydrogens (primary N) is 1. The Kier molecular flexibility index (Phi) is 8.85. The molecule has 2 N–H and O–H groups in total. The zero-order chi connectivity index (χ0) is 25.5. The van der Waals surface area contributed by atoms with Crippen LogP contribution in [-0.4, -0.2) is 97.0 Å². The van der Waals surface area contributed by atoms with E-state index in [1.807, 2.05) is 25.1 Å². The Labute approximate surface area is 213 Å². The minimum absolute atomic E-state index is 0.00873. The number of morpholine rings is 1. The van der Waals surface area contributed by atoms with E-state index in [0.29, 0.717) is 65.2 Å². The molecule has 36 heavy (non-hydrogen) atoms.